The highest BCUT2D eigenvalue weighted by atomic mass is 127. The van der Waals surface area contributed by atoms with Crippen molar-refractivity contribution in [1.29, 1.82) is 0 Å². The van der Waals surface area contributed by atoms with Crippen LogP contribution in [0.3, 0.4) is 0 Å². The fourth-order valence-electron chi connectivity index (χ4n) is 2.38. The summed E-state index contributed by atoms with van der Waals surface area (Å²) in [5.41, 5.74) is 3.56. The SMILES string of the molecule is CN=C(NCCCOC(C)C)NCCc1csc(-c2ccc(C)cc2)n1.I. The molecule has 0 amide bonds. The smallest absolute Gasteiger partial charge is 0.190 e. The first kappa shape index (κ1) is 23.8. The third-order valence-electron chi connectivity index (χ3n) is 3.81. The van der Waals surface area contributed by atoms with Crippen LogP contribution in [-0.2, 0) is 11.2 Å². The van der Waals surface area contributed by atoms with E-state index in [1.807, 2.05) is 0 Å². The van der Waals surface area contributed by atoms with Crippen molar-refractivity contribution in [3.8, 4) is 10.6 Å². The summed E-state index contributed by atoms with van der Waals surface area (Å²) in [4.78, 5) is 8.99. The molecule has 0 aliphatic rings. The highest BCUT2D eigenvalue weighted by Crippen LogP contribution is 2.24. The average Bonchev–Trinajstić information content (AvgIpc) is 3.09. The molecule has 2 N–H and O–H groups in total. The van der Waals surface area contributed by atoms with Crippen LogP contribution in [0.2, 0.25) is 0 Å². The lowest BCUT2D eigenvalue weighted by molar-refractivity contribution is 0.0776. The van der Waals surface area contributed by atoms with Crippen LogP contribution >= 0.6 is 35.3 Å². The summed E-state index contributed by atoms with van der Waals surface area (Å²) >= 11 is 1.70. The predicted molar refractivity (Wildman–Crippen MR) is 126 cm³/mol. The Morgan fingerprint density at radius 2 is 1.89 bits per heavy atom. The number of aromatic nitrogens is 1. The third kappa shape index (κ3) is 9.03. The molecule has 0 saturated carbocycles. The van der Waals surface area contributed by atoms with Gasteiger partial charge in [-0.25, -0.2) is 4.98 Å². The topological polar surface area (TPSA) is 58.5 Å². The van der Waals surface area contributed by atoms with E-state index in [9.17, 15) is 0 Å². The summed E-state index contributed by atoms with van der Waals surface area (Å²) in [6.07, 6.45) is 2.13. The first-order valence-corrected chi connectivity index (χ1v) is 10.0. The molecular formula is C20H31IN4OS. The molecule has 1 aromatic carbocycles. The Bertz CT molecular complexity index is 686. The number of rotatable bonds is 9. The highest BCUT2D eigenvalue weighted by molar-refractivity contribution is 14.0. The maximum atomic E-state index is 5.53. The van der Waals surface area contributed by atoms with E-state index in [1.54, 1.807) is 18.4 Å². The number of benzene rings is 1. The van der Waals surface area contributed by atoms with Crippen LogP contribution in [0.4, 0.5) is 0 Å². The number of ether oxygens (including phenoxy) is 1. The Kier molecular flexibility index (Phi) is 11.5. The van der Waals surface area contributed by atoms with Crippen LogP contribution in [0.5, 0.6) is 0 Å². The van der Waals surface area contributed by atoms with Crippen LogP contribution in [0, 0.1) is 6.92 Å². The molecule has 0 fully saturated rings. The molecule has 5 nitrogen and oxygen atoms in total. The molecule has 0 saturated heterocycles. The number of hydrogen-bond donors (Lipinski definition) is 2. The van der Waals surface area contributed by atoms with Gasteiger partial charge in [0.05, 0.1) is 11.8 Å². The van der Waals surface area contributed by atoms with Gasteiger partial charge in [0.15, 0.2) is 5.96 Å². The van der Waals surface area contributed by atoms with Crippen molar-refractivity contribution in [3.63, 3.8) is 0 Å². The van der Waals surface area contributed by atoms with E-state index in [-0.39, 0.29) is 30.1 Å². The number of halogens is 1. The van der Waals surface area contributed by atoms with Crippen LogP contribution in [0.15, 0.2) is 34.6 Å². The van der Waals surface area contributed by atoms with Crippen LogP contribution < -0.4 is 10.6 Å². The normalized spacial score (nSPS) is 11.4. The second kappa shape index (κ2) is 13.1. The monoisotopic (exact) mass is 502 g/mol. The molecule has 0 aliphatic carbocycles. The lowest BCUT2D eigenvalue weighted by Gasteiger charge is -2.12. The van der Waals surface area contributed by atoms with Crippen molar-refractivity contribution in [2.24, 2.45) is 4.99 Å². The zero-order valence-corrected chi connectivity index (χ0v) is 19.8. The summed E-state index contributed by atoms with van der Waals surface area (Å²) in [6.45, 7) is 8.62. The van der Waals surface area contributed by atoms with Crippen molar-refractivity contribution in [2.75, 3.05) is 26.7 Å². The maximum Gasteiger partial charge on any atom is 0.190 e. The molecule has 0 spiro atoms. The first-order valence-electron chi connectivity index (χ1n) is 9.16. The minimum Gasteiger partial charge on any atom is -0.379 e. The summed E-state index contributed by atoms with van der Waals surface area (Å²) in [5.74, 6) is 0.823. The van der Waals surface area contributed by atoms with Gasteiger partial charge >= 0.3 is 0 Å². The molecule has 1 heterocycles. The Labute approximate surface area is 184 Å². The van der Waals surface area contributed by atoms with Crippen LogP contribution in [0.25, 0.3) is 10.6 Å². The van der Waals surface area contributed by atoms with Gasteiger partial charge in [-0.05, 0) is 27.2 Å². The molecule has 7 heteroatoms. The van der Waals surface area contributed by atoms with Crippen molar-refractivity contribution < 1.29 is 4.74 Å². The number of guanidine groups is 1. The van der Waals surface area contributed by atoms with E-state index in [4.69, 9.17) is 9.72 Å². The van der Waals surface area contributed by atoms with E-state index < -0.39 is 0 Å². The van der Waals surface area contributed by atoms with Gasteiger partial charge in [-0.3, -0.25) is 4.99 Å². The largest absolute Gasteiger partial charge is 0.379 e. The standard InChI is InChI=1S/C20H30N4OS.HI/c1-15(2)25-13-5-11-22-20(21-4)23-12-10-18-14-26-19(24-18)17-8-6-16(3)7-9-17;/h6-9,14-15H,5,10-13H2,1-4H3,(H2,21,22,23);1H. The van der Waals surface area contributed by atoms with Gasteiger partial charge in [0.2, 0.25) is 0 Å². The van der Waals surface area contributed by atoms with Crippen molar-refractivity contribution >= 4 is 41.3 Å². The summed E-state index contributed by atoms with van der Waals surface area (Å²) in [5, 5.41) is 9.86. The molecule has 2 aromatic rings. The van der Waals surface area contributed by atoms with Gasteiger partial charge in [-0.2, -0.15) is 0 Å². The third-order valence-corrected chi connectivity index (χ3v) is 4.75. The molecule has 27 heavy (non-hydrogen) atoms. The summed E-state index contributed by atoms with van der Waals surface area (Å²) in [6, 6.07) is 8.51. The van der Waals surface area contributed by atoms with E-state index in [2.05, 4.69) is 66.0 Å². The average molecular weight is 502 g/mol. The van der Waals surface area contributed by atoms with E-state index in [0.717, 1.165) is 49.2 Å². The number of nitrogens with one attached hydrogen (secondary N) is 2. The zero-order chi connectivity index (χ0) is 18.8. The molecule has 0 bridgehead atoms. The Morgan fingerprint density at radius 1 is 1.19 bits per heavy atom. The fourth-order valence-corrected chi connectivity index (χ4v) is 3.24. The lowest BCUT2D eigenvalue weighted by atomic mass is 10.2. The molecule has 150 valence electrons. The van der Waals surface area contributed by atoms with Crippen molar-refractivity contribution in [3.05, 3.63) is 40.9 Å². The van der Waals surface area contributed by atoms with Gasteiger partial charge in [0.25, 0.3) is 0 Å². The number of aryl methyl sites for hydroxylation is 1. The lowest BCUT2D eigenvalue weighted by Crippen LogP contribution is -2.39. The van der Waals surface area contributed by atoms with Gasteiger partial charge in [-0.1, -0.05) is 29.8 Å². The van der Waals surface area contributed by atoms with E-state index >= 15 is 0 Å². The number of aliphatic imine (C=N–C) groups is 1. The second-order valence-electron chi connectivity index (χ2n) is 6.46. The van der Waals surface area contributed by atoms with Gasteiger partial charge in [0, 0.05) is 44.1 Å². The first-order chi connectivity index (χ1) is 12.6. The number of thiazole rings is 1. The van der Waals surface area contributed by atoms with Crippen LogP contribution in [-0.4, -0.2) is 43.8 Å². The molecule has 0 atom stereocenters. The maximum absolute atomic E-state index is 5.53. The summed E-state index contributed by atoms with van der Waals surface area (Å²) < 4.78 is 5.53. The van der Waals surface area contributed by atoms with Gasteiger partial charge in [0.1, 0.15) is 5.01 Å². The van der Waals surface area contributed by atoms with Gasteiger partial charge < -0.3 is 15.4 Å². The Hall–Kier alpha value is -1.19. The number of nitrogens with zero attached hydrogens (tertiary/aromatic N) is 2. The Balaban J connectivity index is 0.00000364. The minimum atomic E-state index is 0. The Morgan fingerprint density at radius 3 is 2.56 bits per heavy atom. The molecule has 0 radical (unpaired) electrons. The van der Waals surface area contributed by atoms with Crippen LogP contribution in [0.1, 0.15) is 31.5 Å². The fraction of sp³-hybridized carbons (Fsp3) is 0.500. The molecule has 1 aromatic heterocycles. The van der Waals surface area contributed by atoms with E-state index in [1.165, 1.54) is 11.1 Å². The molecule has 0 unspecified atom stereocenters. The molecule has 2 rings (SSSR count). The zero-order valence-electron chi connectivity index (χ0n) is 16.6. The number of hydrogen-bond acceptors (Lipinski definition) is 4. The highest BCUT2D eigenvalue weighted by Gasteiger charge is 2.05. The minimum absolute atomic E-state index is 0. The van der Waals surface area contributed by atoms with Gasteiger partial charge in [-0.15, -0.1) is 35.3 Å². The van der Waals surface area contributed by atoms with Crippen molar-refractivity contribution in [1.82, 2.24) is 15.6 Å². The predicted octanol–water partition coefficient (Wildman–Crippen LogP) is 4.26. The quantitative estimate of drug-likeness (QED) is 0.233. The van der Waals surface area contributed by atoms with E-state index in [0.29, 0.717) is 0 Å². The molecular weight excluding hydrogens is 471 g/mol. The summed E-state index contributed by atoms with van der Waals surface area (Å²) in [7, 11) is 1.79. The molecule has 0 aliphatic heterocycles. The second-order valence-corrected chi connectivity index (χ2v) is 7.32. The van der Waals surface area contributed by atoms with Crippen molar-refractivity contribution in [2.45, 2.75) is 39.7 Å².